The number of pyridine rings is 1. The van der Waals surface area contributed by atoms with E-state index >= 15 is 0 Å². The third kappa shape index (κ3) is 3.36. The van der Waals surface area contributed by atoms with E-state index in [2.05, 4.69) is 29.0 Å². The number of nitrogens with two attached hydrogens (primary N) is 1. The number of carbonyl (C=O) groups excluding carboxylic acids is 1. The second-order valence-electron chi connectivity index (χ2n) is 4.96. The Morgan fingerprint density at radius 3 is 2.65 bits per heavy atom. The predicted octanol–water partition coefficient (Wildman–Crippen LogP) is 1.77. The summed E-state index contributed by atoms with van der Waals surface area (Å²) >= 11 is 0. The van der Waals surface area contributed by atoms with Gasteiger partial charge in [-0.05, 0) is 32.4 Å². The number of hydrogen-bond acceptors (Lipinski definition) is 4. The second kappa shape index (κ2) is 6.52. The zero-order chi connectivity index (χ0) is 14.5. The predicted molar refractivity (Wildman–Crippen MR) is 81.7 cm³/mol. The molecule has 1 aliphatic carbocycles. The molecule has 0 aromatic carbocycles. The van der Waals surface area contributed by atoms with Crippen molar-refractivity contribution in [2.45, 2.75) is 26.3 Å². The molecule has 1 aliphatic rings. The topological polar surface area (TPSA) is 71.2 Å². The minimum absolute atomic E-state index is 0.00563. The highest BCUT2D eigenvalue weighted by Gasteiger charge is 2.22. The normalized spacial score (nSPS) is 20.9. The molecule has 0 bridgehead atoms. The van der Waals surface area contributed by atoms with Gasteiger partial charge in [0, 0.05) is 19.1 Å². The fourth-order valence-electron chi connectivity index (χ4n) is 2.35. The Hall–Kier alpha value is -1.88. The molecule has 0 spiro atoms. The lowest BCUT2D eigenvalue weighted by Gasteiger charge is -2.19. The van der Waals surface area contributed by atoms with Crippen molar-refractivity contribution >= 4 is 17.4 Å². The molecule has 0 fully saturated rings. The minimum atomic E-state index is -0.132. The molecule has 0 saturated heterocycles. The van der Waals surface area contributed by atoms with Crippen molar-refractivity contribution in [3.05, 3.63) is 30.5 Å². The first-order valence-corrected chi connectivity index (χ1v) is 7.09. The molecule has 5 heteroatoms. The van der Waals surface area contributed by atoms with E-state index in [0.717, 1.165) is 24.6 Å². The van der Waals surface area contributed by atoms with Crippen LogP contribution in [0.4, 0.5) is 11.5 Å². The fourth-order valence-corrected chi connectivity index (χ4v) is 2.35. The fraction of sp³-hybridized carbons (Fsp3) is 0.467. The van der Waals surface area contributed by atoms with Crippen molar-refractivity contribution in [3.8, 4) is 0 Å². The number of carbonyl (C=O) groups is 1. The molecule has 1 aromatic heterocycles. The van der Waals surface area contributed by atoms with Crippen molar-refractivity contribution in [2.75, 3.05) is 23.3 Å². The second-order valence-corrected chi connectivity index (χ2v) is 4.96. The van der Waals surface area contributed by atoms with Crippen LogP contribution in [-0.2, 0) is 4.79 Å². The van der Waals surface area contributed by atoms with Crippen LogP contribution in [0.1, 0.15) is 20.3 Å². The number of aromatic nitrogens is 1. The Labute approximate surface area is 119 Å². The third-order valence-electron chi connectivity index (χ3n) is 3.56. The number of rotatable bonds is 5. The van der Waals surface area contributed by atoms with Crippen LogP contribution in [0.15, 0.2) is 30.5 Å². The average molecular weight is 274 g/mol. The average Bonchev–Trinajstić information content (AvgIpc) is 2.89. The first-order chi connectivity index (χ1) is 9.63. The Kier molecular flexibility index (Phi) is 4.74. The van der Waals surface area contributed by atoms with Crippen molar-refractivity contribution < 1.29 is 4.79 Å². The van der Waals surface area contributed by atoms with Gasteiger partial charge < -0.3 is 16.0 Å². The summed E-state index contributed by atoms with van der Waals surface area (Å²) in [7, 11) is 0. The van der Waals surface area contributed by atoms with Crippen LogP contribution in [0.25, 0.3) is 0 Å². The summed E-state index contributed by atoms with van der Waals surface area (Å²) in [5, 5.41) is 2.88. The number of anilines is 2. The van der Waals surface area contributed by atoms with Gasteiger partial charge in [0.2, 0.25) is 5.91 Å². The van der Waals surface area contributed by atoms with Gasteiger partial charge in [-0.15, -0.1) is 0 Å². The summed E-state index contributed by atoms with van der Waals surface area (Å²) < 4.78 is 0. The van der Waals surface area contributed by atoms with E-state index in [1.54, 1.807) is 6.20 Å². The summed E-state index contributed by atoms with van der Waals surface area (Å²) in [6.45, 7) is 6.02. The van der Waals surface area contributed by atoms with Gasteiger partial charge in [-0.3, -0.25) is 4.79 Å². The van der Waals surface area contributed by atoms with Gasteiger partial charge in [0.25, 0.3) is 0 Å². The van der Waals surface area contributed by atoms with Crippen LogP contribution in [0.2, 0.25) is 0 Å². The summed E-state index contributed by atoms with van der Waals surface area (Å²) in [6.07, 6.45) is 6.13. The molecule has 3 N–H and O–H groups in total. The zero-order valence-corrected chi connectivity index (χ0v) is 12.0. The molecule has 0 radical (unpaired) electrons. The van der Waals surface area contributed by atoms with E-state index in [-0.39, 0.29) is 17.9 Å². The molecular weight excluding hydrogens is 252 g/mol. The summed E-state index contributed by atoms with van der Waals surface area (Å²) in [4.78, 5) is 18.6. The Morgan fingerprint density at radius 2 is 2.15 bits per heavy atom. The maximum atomic E-state index is 12.0. The van der Waals surface area contributed by atoms with E-state index in [1.165, 1.54) is 0 Å². The Morgan fingerprint density at radius 1 is 1.40 bits per heavy atom. The molecule has 1 amide bonds. The van der Waals surface area contributed by atoms with Crippen LogP contribution >= 0.6 is 0 Å². The standard InChI is InChI=1S/C15H22N4O/c1-3-19(4-2)14-8-7-13(10-17-14)18-15(20)11-5-6-12(16)9-11/h5-8,10-12H,3-4,9,16H2,1-2H3,(H,18,20). The van der Waals surface area contributed by atoms with Gasteiger partial charge in [0.1, 0.15) is 5.82 Å². The zero-order valence-electron chi connectivity index (χ0n) is 12.0. The molecular formula is C15H22N4O. The van der Waals surface area contributed by atoms with Crippen LogP contribution in [-0.4, -0.2) is 30.0 Å². The van der Waals surface area contributed by atoms with Gasteiger partial charge >= 0.3 is 0 Å². The van der Waals surface area contributed by atoms with Gasteiger partial charge in [-0.2, -0.15) is 0 Å². The smallest absolute Gasteiger partial charge is 0.231 e. The van der Waals surface area contributed by atoms with Crippen LogP contribution in [0.5, 0.6) is 0 Å². The lowest BCUT2D eigenvalue weighted by atomic mass is 10.1. The highest BCUT2D eigenvalue weighted by atomic mass is 16.1. The van der Waals surface area contributed by atoms with Gasteiger partial charge in [0.15, 0.2) is 0 Å². The SMILES string of the molecule is CCN(CC)c1ccc(NC(=O)C2C=CC(N)C2)cn1. The molecule has 20 heavy (non-hydrogen) atoms. The van der Waals surface area contributed by atoms with Crippen molar-refractivity contribution in [2.24, 2.45) is 11.7 Å². The largest absolute Gasteiger partial charge is 0.357 e. The first kappa shape index (κ1) is 14.5. The monoisotopic (exact) mass is 274 g/mol. The molecule has 2 unspecified atom stereocenters. The van der Waals surface area contributed by atoms with Gasteiger partial charge in [-0.1, -0.05) is 12.2 Å². The maximum Gasteiger partial charge on any atom is 0.231 e. The first-order valence-electron chi connectivity index (χ1n) is 7.09. The van der Waals surface area contributed by atoms with E-state index in [1.807, 2.05) is 24.3 Å². The quantitative estimate of drug-likeness (QED) is 0.803. The van der Waals surface area contributed by atoms with E-state index in [0.29, 0.717) is 6.42 Å². The van der Waals surface area contributed by atoms with E-state index in [4.69, 9.17) is 5.73 Å². The van der Waals surface area contributed by atoms with E-state index < -0.39 is 0 Å². The molecule has 2 atom stereocenters. The van der Waals surface area contributed by atoms with Crippen LogP contribution < -0.4 is 16.0 Å². The molecule has 1 aromatic rings. The molecule has 0 aliphatic heterocycles. The summed E-state index contributed by atoms with van der Waals surface area (Å²) in [6, 6.07) is 3.81. The molecule has 0 saturated carbocycles. The third-order valence-corrected chi connectivity index (χ3v) is 3.56. The number of hydrogen-bond donors (Lipinski definition) is 2. The summed E-state index contributed by atoms with van der Waals surface area (Å²) in [5.41, 5.74) is 6.48. The van der Waals surface area contributed by atoms with Crippen LogP contribution in [0, 0.1) is 5.92 Å². The number of nitrogens with zero attached hydrogens (tertiary/aromatic N) is 2. The Bertz CT molecular complexity index is 479. The lowest BCUT2D eigenvalue weighted by molar-refractivity contribution is -0.118. The number of nitrogens with one attached hydrogen (secondary N) is 1. The highest BCUT2D eigenvalue weighted by Crippen LogP contribution is 2.19. The van der Waals surface area contributed by atoms with Crippen LogP contribution in [0.3, 0.4) is 0 Å². The molecule has 108 valence electrons. The Balaban J connectivity index is 1.97. The van der Waals surface area contributed by atoms with Crippen molar-refractivity contribution in [3.63, 3.8) is 0 Å². The molecule has 5 nitrogen and oxygen atoms in total. The van der Waals surface area contributed by atoms with E-state index in [9.17, 15) is 4.79 Å². The van der Waals surface area contributed by atoms with Crippen molar-refractivity contribution in [1.82, 2.24) is 4.98 Å². The minimum Gasteiger partial charge on any atom is -0.357 e. The van der Waals surface area contributed by atoms with Gasteiger partial charge in [0.05, 0.1) is 17.8 Å². The number of amides is 1. The maximum absolute atomic E-state index is 12.0. The lowest BCUT2D eigenvalue weighted by Crippen LogP contribution is -2.24. The summed E-state index contributed by atoms with van der Waals surface area (Å²) in [5.74, 6) is 0.773. The molecule has 2 rings (SSSR count). The highest BCUT2D eigenvalue weighted by molar-refractivity contribution is 5.94. The van der Waals surface area contributed by atoms with Gasteiger partial charge in [-0.25, -0.2) is 4.98 Å². The van der Waals surface area contributed by atoms with Crippen molar-refractivity contribution in [1.29, 1.82) is 0 Å². The molecule has 1 heterocycles.